The Balaban J connectivity index is 1.81. The van der Waals surface area contributed by atoms with Crippen LogP contribution in [0.4, 0.5) is 16.2 Å². The van der Waals surface area contributed by atoms with Crippen molar-refractivity contribution in [3.05, 3.63) is 24.3 Å². The summed E-state index contributed by atoms with van der Waals surface area (Å²) >= 11 is 0. The van der Waals surface area contributed by atoms with E-state index < -0.39 is 0 Å². The second-order valence-electron chi connectivity index (χ2n) is 3.78. The molecule has 2 amide bonds. The van der Waals surface area contributed by atoms with Gasteiger partial charge in [0, 0.05) is 18.8 Å². The van der Waals surface area contributed by atoms with Gasteiger partial charge in [-0.05, 0) is 24.3 Å². The van der Waals surface area contributed by atoms with Crippen LogP contribution in [0.15, 0.2) is 24.3 Å². The molecule has 0 unspecified atom stereocenters. The van der Waals surface area contributed by atoms with Crippen LogP contribution in [-0.4, -0.2) is 37.2 Å². The van der Waals surface area contributed by atoms with E-state index in [0.29, 0.717) is 32.0 Å². The van der Waals surface area contributed by atoms with Crippen molar-refractivity contribution >= 4 is 17.4 Å². The maximum atomic E-state index is 11.7. The summed E-state index contributed by atoms with van der Waals surface area (Å²) in [7, 11) is 0. The number of anilines is 2. The molecule has 0 atom stereocenters. The number of amides is 2. The predicted octanol–water partition coefficient (Wildman–Crippen LogP) is 0.637. The fraction of sp³-hybridized carbons (Fsp3) is 0.364. The van der Waals surface area contributed by atoms with Gasteiger partial charge in [-0.2, -0.15) is 0 Å². The Labute approximate surface area is 99.7 Å². The molecule has 0 bridgehead atoms. The molecule has 4 N–H and O–H groups in total. The molecule has 1 aromatic carbocycles. The van der Waals surface area contributed by atoms with Crippen molar-refractivity contribution < 1.29 is 9.53 Å². The molecule has 0 aliphatic carbocycles. The minimum absolute atomic E-state index is 0.148. The molecular weight excluding hydrogens is 220 g/mol. The average molecular weight is 236 g/mol. The van der Waals surface area contributed by atoms with E-state index in [-0.39, 0.29) is 6.03 Å². The van der Waals surface area contributed by atoms with Gasteiger partial charge in [-0.3, -0.25) is 10.9 Å². The number of nitrogen functional groups attached to an aromatic ring is 1. The molecule has 6 nitrogen and oxygen atoms in total. The Morgan fingerprint density at radius 1 is 1.24 bits per heavy atom. The first-order chi connectivity index (χ1) is 8.25. The molecule has 1 fully saturated rings. The molecule has 92 valence electrons. The number of nitrogens with one attached hydrogen (secondary N) is 2. The summed E-state index contributed by atoms with van der Waals surface area (Å²) in [5.74, 6) is 0. The van der Waals surface area contributed by atoms with Crippen molar-refractivity contribution in [2.45, 2.75) is 0 Å². The monoisotopic (exact) mass is 236 g/mol. The third-order valence-electron chi connectivity index (χ3n) is 2.52. The van der Waals surface area contributed by atoms with Gasteiger partial charge in [-0.1, -0.05) is 0 Å². The minimum atomic E-state index is -0.148. The molecule has 0 aromatic heterocycles. The highest BCUT2D eigenvalue weighted by molar-refractivity contribution is 5.75. The summed E-state index contributed by atoms with van der Waals surface area (Å²) in [5.41, 5.74) is 12.5. The molecule has 1 heterocycles. The lowest BCUT2D eigenvalue weighted by molar-refractivity contribution is 0.0536. The van der Waals surface area contributed by atoms with Crippen LogP contribution in [0.2, 0.25) is 0 Å². The van der Waals surface area contributed by atoms with Gasteiger partial charge in [0.25, 0.3) is 0 Å². The van der Waals surface area contributed by atoms with Crippen LogP contribution >= 0.6 is 0 Å². The van der Waals surface area contributed by atoms with E-state index in [0.717, 1.165) is 5.69 Å². The van der Waals surface area contributed by atoms with Crippen molar-refractivity contribution in [1.29, 1.82) is 0 Å². The van der Waals surface area contributed by atoms with E-state index in [9.17, 15) is 4.79 Å². The smallest absolute Gasteiger partial charge is 0.336 e. The second-order valence-corrected chi connectivity index (χ2v) is 3.78. The summed E-state index contributed by atoms with van der Waals surface area (Å²) in [6.07, 6.45) is 0. The largest absolute Gasteiger partial charge is 0.399 e. The normalized spacial score (nSPS) is 15.4. The van der Waals surface area contributed by atoms with Crippen molar-refractivity contribution in [3.63, 3.8) is 0 Å². The van der Waals surface area contributed by atoms with Crippen LogP contribution < -0.4 is 16.6 Å². The Morgan fingerprint density at radius 2 is 1.88 bits per heavy atom. The summed E-state index contributed by atoms with van der Waals surface area (Å²) in [4.78, 5) is 13.4. The van der Waals surface area contributed by atoms with Crippen molar-refractivity contribution in [2.75, 3.05) is 37.5 Å². The molecule has 2 rings (SSSR count). The zero-order chi connectivity index (χ0) is 12.1. The number of rotatable bonds is 2. The van der Waals surface area contributed by atoms with E-state index in [2.05, 4.69) is 10.9 Å². The molecule has 6 heteroatoms. The number of benzene rings is 1. The van der Waals surface area contributed by atoms with E-state index in [1.54, 1.807) is 29.2 Å². The lowest BCUT2D eigenvalue weighted by atomic mass is 10.3. The van der Waals surface area contributed by atoms with Crippen molar-refractivity contribution in [1.82, 2.24) is 10.3 Å². The van der Waals surface area contributed by atoms with Gasteiger partial charge in [0.1, 0.15) is 0 Å². The van der Waals surface area contributed by atoms with Crippen molar-refractivity contribution in [3.8, 4) is 0 Å². The van der Waals surface area contributed by atoms with Gasteiger partial charge < -0.3 is 15.4 Å². The molecule has 0 radical (unpaired) electrons. The van der Waals surface area contributed by atoms with Crippen LogP contribution in [0.3, 0.4) is 0 Å². The van der Waals surface area contributed by atoms with Crippen molar-refractivity contribution in [2.24, 2.45) is 0 Å². The lowest BCUT2D eigenvalue weighted by Gasteiger charge is -2.27. The van der Waals surface area contributed by atoms with Gasteiger partial charge in [-0.25, -0.2) is 4.79 Å². The molecule has 0 spiro atoms. The third-order valence-corrected chi connectivity index (χ3v) is 2.52. The number of hydrogen-bond donors (Lipinski definition) is 3. The zero-order valence-corrected chi connectivity index (χ0v) is 9.48. The summed E-state index contributed by atoms with van der Waals surface area (Å²) < 4.78 is 5.17. The number of hydrazine groups is 1. The number of hydrogen-bond acceptors (Lipinski definition) is 4. The second kappa shape index (κ2) is 5.40. The van der Waals surface area contributed by atoms with Gasteiger partial charge in [0.15, 0.2) is 0 Å². The number of morpholine rings is 1. The fourth-order valence-electron chi connectivity index (χ4n) is 1.54. The number of ether oxygens (including phenoxy) is 1. The first kappa shape index (κ1) is 11.5. The third kappa shape index (κ3) is 3.25. The maximum Gasteiger partial charge on any atom is 0.336 e. The summed E-state index contributed by atoms with van der Waals surface area (Å²) in [5, 5.41) is 0. The van der Waals surface area contributed by atoms with E-state index >= 15 is 0 Å². The van der Waals surface area contributed by atoms with E-state index in [1.807, 2.05) is 0 Å². The van der Waals surface area contributed by atoms with Gasteiger partial charge in [-0.15, -0.1) is 0 Å². The highest BCUT2D eigenvalue weighted by atomic mass is 16.5. The van der Waals surface area contributed by atoms with Crippen LogP contribution in [0.5, 0.6) is 0 Å². The highest BCUT2D eigenvalue weighted by Gasteiger charge is 2.15. The average Bonchev–Trinajstić information content (AvgIpc) is 2.39. The van der Waals surface area contributed by atoms with E-state index in [4.69, 9.17) is 10.5 Å². The number of urea groups is 1. The number of nitrogens with zero attached hydrogens (tertiary/aromatic N) is 1. The summed E-state index contributed by atoms with van der Waals surface area (Å²) in [6, 6.07) is 6.99. The lowest BCUT2D eigenvalue weighted by Crippen LogP contribution is -2.47. The molecule has 1 aliphatic heterocycles. The zero-order valence-electron chi connectivity index (χ0n) is 9.48. The number of carbonyl (C=O) groups is 1. The van der Waals surface area contributed by atoms with Gasteiger partial charge in [0.2, 0.25) is 0 Å². The predicted molar refractivity (Wildman–Crippen MR) is 65.4 cm³/mol. The Morgan fingerprint density at radius 3 is 2.53 bits per heavy atom. The highest BCUT2D eigenvalue weighted by Crippen LogP contribution is 2.09. The first-order valence-electron chi connectivity index (χ1n) is 5.50. The maximum absolute atomic E-state index is 11.7. The molecule has 1 aromatic rings. The van der Waals surface area contributed by atoms with Gasteiger partial charge in [0.05, 0.1) is 18.9 Å². The minimum Gasteiger partial charge on any atom is -0.399 e. The fourth-order valence-corrected chi connectivity index (χ4v) is 1.54. The van der Waals surface area contributed by atoms with Gasteiger partial charge >= 0.3 is 6.03 Å². The van der Waals surface area contributed by atoms with Crippen LogP contribution in [0, 0.1) is 0 Å². The van der Waals surface area contributed by atoms with E-state index in [1.165, 1.54) is 0 Å². The Kier molecular flexibility index (Phi) is 3.66. The number of nitrogens with two attached hydrogens (primary N) is 1. The first-order valence-corrected chi connectivity index (χ1v) is 5.50. The van der Waals surface area contributed by atoms with Crippen LogP contribution in [-0.2, 0) is 4.74 Å². The SMILES string of the molecule is Nc1ccc(NNC(=O)N2CCOCC2)cc1. The number of carbonyl (C=O) groups excluding carboxylic acids is 1. The molecule has 1 saturated heterocycles. The Hall–Kier alpha value is -1.95. The topological polar surface area (TPSA) is 79.6 Å². The molecule has 1 aliphatic rings. The molecular formula is C11H16N4O2. The molecule has 17 heavy (non-hydrogen) atoms. The molecule has 0 saturated carbocycles. The standard InChI is InChI=1S/C11H16N4O2/c12-9-1-3-10(4-2-9)13-14-11(16)15-5-7-17-8-6-15/h1-4,13H,5-8,12H2,(H,14,16). The summed E-state index contributed by atoms with van der Waals surface area (Å²) in [6.45, 7) is 2.43. The van der Waals surface area contributed by atoms with Crippen LogP contribution in [0.25, 0.3) is 0 Å². The van der Waals surface area contributed by atoms with Crippen LogP contribution in [0.1, 0.15) is 0 Å². The quantitative estimate of drug-likeness (QED) is 0.520. The Bertz CT molecular complexity index is 374.